The fourth-order valence-corrected chi connectivity index (χ4v) is 0. The van der Waals surface area contributed by atoms with Crippen LogP contribution in [0.1, 0.15) is 0 Å². The predicted molar refractivity (Wildman–Crippen MR) is 59.6 cm³/mol. The van der Waals surface area contributed by atoms with E-state index in [1.807, 2.05) is 0 Å². The zero-order chi connectivity index (χ0) is 24.0. The standard InChI is InChI=1S/12CN.2Co.3Fe/c12*1-2;;;;;/q12*-1;2*+3;3*+2. The molecule has 0 aliphatic carbocycles. The van der Waals surface area contributed by atoms with E-state index in [9.17, 15) is 0 Å². The first-order valence-electron chi connectivity index (χ1n) is 2.68. The molecule has 0 rings (SSSR count). The summed E-state index contributed by atoms with van der Waals surface area (Å²) in [6, 6.07) is 0. The van der Waals surface area contributed by atoms with E-state index >= 15 is 0 Å². The van der Waals surface area contributed by atoms with Crippen LogP contribution in [-0.2, 0) is 84.8 Å². The maximum atomic E-state index is 6.25. The summed E-state index contributed by atoms with van der Waals surface area (Å²) < 4.78 is 0. The van der Waals surface area contributed by atoms with Crippen LogP contribution in [0.4, 0.5) is 0 Å². The molecule has 0 aromatic heterocycles. The summed E-state index contributed by atoms with van der Waals surface area (Å²) in [5.74, 6) is 0. The van der Waals surface area contributed by atoms with Gasteiger partial charge in [0.05, 0.1) is 0 Å². The molecular formula is C12Co2Fe3N12. The molecule has 12 nitrogen and oxygen atoms in total. The Balaban J connectivity index is -0.00000000356. The zero-order valence-corrected chi connectivity index (χ0v) is 18.5. The molecule has 150 valence electrons. The van der Waals surface area contributed by atoms with Gasteiger partial charge in [0.15, 0.2) is 0 Å². The smallest absolute Gasteiger partial charge is 0.512 e. The normalized spacial score (nSPS) is 0.828. The Morgan fingerprint density at radius 3 is 0.172 bits per heavy atom. The van der Waals surface area contributed by atoms with Gasteiger partial charge in [-0.25, -0.2) is 0 Å². The summed E-state index contributed by atoms with van der Waals surface area (Å²) in [5, 5.41) is 75.0. The maximum absolute atomic E-state index is 6.25. The first-order chi connectivity index (χ1) is 12.0. The van der Waals surface area contributed by atoms with Crippen LogP contribution in [0.3, 0.4) is 0 Å². The molecule has 0 amide bonds. The quantitative estimate of drug-likeness (QED) is 0.280. The van der Waals surface area contributed by atoms with Crippen molar-refractivity contribution in [2.75, 3.05) is 0 Å². The third kappa shape index (κ3) is 979. The molecule has 0 saturated heterocycles. The molecule has 0 atom stereocenters. The monoisotopic (exact) mass is 598 g/mol. The van der Waals surface area contributed by atoms with Crippen molar-refractivity contribution in [3.05, 3.63) is 78.9 Å². The van der Waals surface area contributed by atoms with E-state index in [2.05, 4.69) is 0 Å². The van der Waals surface area contributed by atoms with Gasteiger partial charge >= 0.3 is 84.8 Å². The van der Waals surface area contributed by atoms with Crippen molar-refractivity contribution >= 4 is 0 Å². The minimum atomic E-state index is 0. The molecule has 29 heavy (non-hydrogen) atoms. The average molecular weight is 598 g/mol. The fourth-order valence-electron chi connectivity index (χ4n) is 0. The largest absolute Gasteiger partial charge is 3.00 e. The van der Waals surface area contributed by atoms with Gasteiger partial charge < -0.3 is 142 Å². The van der Waals surface area contributed by atoms with Crippen molar-refractivity contribution in [1.82, 2.24) is 0 Å². The van der Waals surface area contributed by atoms with Crippen LogP contribution in [0.5, 0.6) is 0 Å². The van der Waals surface area contributed by atoms with Crippen LogP contribution >= 0.6 is 0 Å². The van der Waals surface area contributed by atoms with E-state index in [1.54, 1.807) is 0 Å². The summed E-state index contributed by atoms with van der Waals surface area (Å²) in [4.78, 5) is 0. The second-order valence-corrected chi connectivity index (χ2v) is 0. The Morgan fingerprint density at radius 2 is 0.172 bits per heavy atom. The van der Waals surface area contributed by atoms with Gasteiger partial charge in [-0.2, -0.15) is 0 Å². The van der Waals surface area contributed by atoms with Gasteiger partial charge in [0.1, 0.15) is 0 Å². The van der Waals surface area contributed by atoms with Crippen molar-refractivity contribution in [1.29, 1.82) is 63.1 Å². The molecule has 0 heterocycles. The van der Waals surface area contributed by atoms with Crippen molar-refractivity contribution in [2.45, 2.75) is 0 Å². The van der Waals surface area contributed by atoms with Crippen LogP contribution in [-0.4, -0.2) is 0 Å². The molecule has 0 saturated carbocycles. The summed E-state index contributed by atoms with van der Waals surface area (Å²) >= 11 is 0. The molecule has 0 spiro atoms. The van der Waals surface area contributed by atoms with Gasteiger partial charge in [-0.1, -0.05) is 0 Å². The first kappa shape index (κ1) is 213. The molecule has 0 aliphatic heterocycles. The minimum absolute atomic E-state index is 0. The van der Waals surface area contributed by atoms with Gasteiger partial charge in [-0.15, -0.1) is 0 Å². The molecule has 0 bridgehead atoms. The molecule has 0 aliphatic rings. The number of rotatable bonds is 0. The van der Waals surface area contributed by atoms with Gasteiger partial charge in [0.2, 0.25) is 0 Å². The molecule has 0 aromatic carbocycles. The van der Waals surface area contributed by atoms with Crippen LogP contribution in [0.2, 0.25) is 0 Å². The number of hydrogen-bond acceptors (Lipinski definition) is 12. The topological polar surface area (TPSA) is 285 Å². The summed E-state index contributed by atoms with van der Waals surface area (Å²) in [6.45, 7) is 57.0. The Kier molecular flexibility index (Phi) is 7850. The van der Waals surface area contributed by atoms with Crippen LogP contribution in [0.15, 0.2) is 0 Å². The Bertz CT molecular complexity index is 234. The van der Waals surface area contributed by atoms with Gasteiger partial charge in [-0.05, 0) is 0 Å². The minimum Gasteiger partial charge on any atom is -0.512 e. The SMILES string of the molecule is [C-]#N.[C-]#N.[C-]#N.[C-]#N.[C-]#N.[C-]#N.[C-]#N.[C-]#N.[C-]#N.[C-]#N.[C-]#N.[C-]#N.[Co+3].[Co+3].[Fe+2].[Fe+2].[Fe+2]. The second kappa shape index (κ2) is 1070. The second-order valence-electron chi connectivity index (χ2n) is 0. The van der Waals surface area contributed by atoms with E-state index < -0.39 is 0 Å². The fraction of sp³-hybridized carbons (Fsp3) is 0. The molecule has 0 aromatic rings. The zero-order valence-electron chi connectivity index (χ0n) is 13.1. The average Bonchev–Trinajstić information content (AvgIpc) is 2.84. The molecular weight excluding hydrogens is 598 g/mol. The first-order valence-corrected chi connectivity index (χ1v) is 2.68. The van der Waals surface area contributed by atoms with E-state index in [1.165, 1.54) is 0 Å². The summed E-state index contributed by atoms with van der Waals surface area (Å²) in [6.07, 6.45) is 0. The van der Waals surface area contributed by atoms with Gasteiger partial charge in [0.25, 0.3) is 0 Å². The molecule has 0 unspecified atom stereocenters. The maximum Gasteiger partial charge on any atom is 3.00 e. The van der Waals surface area contributed by atoms with E-state index in [-0.39, 0.29) is 84.8 Å². The van der Waals surface area contributed by atoms with E-state index in [4.69, 9.17) is 142 Å². The Morgan fingerprint density at radius 1 is 0.172 bits per heavy atom. The van der Waals surface area contributed by atoms with Crippen molar-refractivity contribution < 1.29 is 84.8 Å². The third-order valence-electron chi connectivity index (χ3n) is 0. The van der Waals surface area contributed by atoms with Crippen molar-refractivity contribution in [3.63, 3.8) is 0 Å². The van der Waals surface area contributed by atoms with E-state index in [0.717, 1.165) is 0 Å². The third-order valence-corrected chi connectivity index (χ3v) is 0. The van der Waals surface area contributed by atoms with E-state index in [0.29, 0.717) is 0 Å². The van der Waals surface area contributed by atoms with Gasteiger partial charge in [-0.3, -0.25) is 0 Å². The Labute approximate surface area is 225 Å². The molecule has 0 fully saturated rings. The summed E-state index contributed by atoms with van der Waals surface area (Å²) in [7, 11) is 0. The summed E-state index contributed by atoms with van der Waals surface area (Å²) in [5.41, 5.74) is 0. The van der Waals surface area contributed by atoms with Gasteiger partial charge in [0, 0.05) is 0 Å². The predicted octanol–water partition coefficient (Wildman–Crippen LogP) is 1.14. The van der Waals surface area contributed by atoms with Crippen molar-refractivity contribution in [2.24, 2.45) is 0 Å². The number of nitrogens with zero attached hydrogens (tertiary/aromatic N) is 12. The van der Waals surface area contributed by atoms with Crippen LogP contribution in [0, 0.1) is 142 Å². The van der Waals surface area contributed by atoms with Crippen LogP contribution in [0.25, 0.3) is 0 Å². The molecule has 0 radical (unpaired) electrons. The molecule has 0 N–H and O–H groups in total. The van der Waals surface area contributed by atoms with Crippen molar-refractivity contribution in [3.8, 4) is 0 Å². The number of hydrogen-bond donors (Lipinski definition) is 0. The Hall–Kier alpha value is -3.55. The molecule has 17 heteroatoms. The van der Waals surface area contributed by atoms with Crippen LogP contribution < -0.4 is 0 Å².